The topological polar surface area (TPSA) is 125 Å². The minimum atomic E-state index is -3.57. The third-order valence-electron chi connectivity index (χ3n) is 4.10. The van der Waals surface area contributed by atoms with Gasteiger partial charge in [-0.1, -0.05) is 0 Å². The Bertz CT molecular complexity index is 756. The molecular weight excluding hydrogens is 348 g/mol. The van der Waals surface area contributed by atoms with E-state index in [1.807, 2.05) is 0 Å². The summed E-state index contributed by atoms with van der Waals surface area (Å²) < 4.78 is 33.5. The first-order valence-electron chi connectivity index (χ1n) is 7.80. The number of carbonyl (C=O) groups is 2. The molecule has 1 amide bonds. The number of hydrogen-bond acceptors (Lipinski definition) is 7. The van der Waals surface area contributed by atoms with Gasteiger partial charge in [-0.25, -0.2) is 13.2 Å². The molecule has 1 fully saturated rings. The number of carbonyl (C=O) groups excluding carboxylic acids is 2. The molecule has 0 spiro atoms. The molecule has 25 heavy (non-hydrogen) atoms. The van der Waals surface area contributed by atoms with Crippen molar-refractivity contribution in [3.8, 4) is 0 Å². The van der Waals surface area contributed by atoms with Crippen LogP contribution in [0.25, 0.3) is 0 Å². The van der Waals surface area contributed by atoms with Crippen molar-refractivity contribution in [2.24, 2.45) is 11.7 Å². The van der Waals surface area contributed by atoms with Crippen molar-refractivity contribution in [2.75, 3.05) is 31.9 Å². The minimum Gasteiger partial charge on any atom is -0.465 e. The van der Waals surface area contributed by atoms with Crippen LogP contribution in [0, 0.1) is 5.92 Å². The highest BCUT2D eigenvalue weighted by molar-refractivity contribution is 7.90. The Morgan fingerprint density at radius 3 is 2.48 bits per heavy atom. The molecule has 1 aromatic rings. The molecule has 1 aliphatic heterocycles. The first kappa shape index (κ1) is 19.4. The van der Waals surface area contributed by atoms with Gasteiger partial charge in [0.1, 0.15) is 0 Å². The summed E-state index contributed by atoms with van der Waals surface area (Å²) in [6, 6.07) is 3.10. The van der Waals surface area contributed by atoms with Gasteiger partial charge in [0.15, 0.2) is 9.84 Å². The van der Waals surface area contributed by atoms with Crippen LogP contribution in [0.2, 0.25) is 0 Å². The highest BCUT2D eigenvalue weighted by Gasteiger charge is 2.27. The largest absolute Gasteiger partial charge is 0.465 e. The Morgan fingerprint density at radius 1 is 1.28 bits per heavy atom. The van der Waals surface area contributed by atoms with Crippen molar-refractivity contribution < 1.29 is 27.5 Å². The van der Waals surface area contributed by atoms with Gasteiger partial charge in [0.05, 0.1) is 23.6 Å². The van der Waals surface area contributed by atoms with E-state index in [9.17, 15) is 18.0 Å². The summed E-state index contributed by atoms with van der Waals surface area (Å²) in [6.45, 7) is 1.11. The molecule has 8 nitrogen and oxygen atoms in total. The second kappa shape index (κ2) is 7.94. The zero-order valence-corrected chi connectivity index (χ0v) is 15.0. The molecule has 0 saturated carbocycles. The third kappa shape index (κ3) is 5.00. The molecule has 1 atom stereocenters. The lowest BCUT2D eigenvalue weighted by atomic mass is 9.92. The van der Waals surface area contributed by atoms with Crippen LogP contribution in [0.5, 0.6) is 0 Å². The average molecular weight is 370 g/mol. The molecule has 138 valence electrons. The van der Waals surface area contributed by atoms with E-state index >= 15 is 0 Å². The van der Waals surface area contributed by atoms with Crippen LogP contribution in [-0.4, -0.2) is 52.9 Å². The van der Waals surface area contributed by atoms with E-state index < -0.39 is 27.8 Å². The lowest BCUT2D eigenvalue weighted by Gasteiger charge is -2.26. The summed E-state index contributed by atoms with van der Waals surface area (Å²) in [7, 11) is -2.38. The molecule has 1 unspecified atom stereocenters. The molecule has 1 aliphatic rings. The number of rotatable bonds is 5. The Kier molecular flexibility index (Phi) is 6.15. The van der Waals surface area contributed by atoms with Gasteiger partial charge in [0.25, 0.3) is 0 Å². The molecule has 0 bridgehead atoms. The van der Waals surface area contributed by atoms with Gasteiger partial charge < -0.3 is 20.5 Å². The normalized spacial score (nSPS) is 16.9. The van der Waals surface area contributed by atoms with Crippen LogP contribution < -0.4 is 11.1 Å². The van der Waals surface area contributed by atoms with Gasteiger partial charge in [-0.15, -0.1) is 0 Å². The second-order valence-electron chi connectivity index (χ2n) is 5.97. The van der Waals surface area contributed by atoms with Crippen LogP contribution in [0.15, 0.2) is 23.1 Å². The van der Waals surface area contributed by atoms with E-state index in [2.05, 4.69) is 10.1 Å². The third-order valence-corrected chi connectivity index (χ3v) is 5.19. The minimum absolute atomic E-state index is 0.00748. The van der Waals surface area contributed by atoms with Crippen molar-refractivity contribution in [1.82, 2.24) is 0 Å². The van der Waals surface area contributed by atoms with E-state index in [0.717, 1.165) is 6.26 Å². The molecule has 2 rings (SSSR count). The lowest BCUT2D eigenvalue weighted by Crippen LogP contribution is -2.44. The van der Waals surface area contributed by atoms with Gasteiger partial charge >= 0.3 is 5.97 Å². The first-order valence-corrected chi connectivity index (χ1v) is 9.69. The maximum absolute atomic E-state index is 12.4. The van der Waals surface area contributed by atoms with Crippen molar-refractivity contribution in [3.63, 3.8) is 0 Å². The molecule has 1 saturated heterocycles. The SMILES string of the molecule is COC(=O)c1cc(NC(=O)C(N)C2CCOCC2)cc(S(C)(=O)=O)c1. The number of amides is 1. The van der Waals surface area contributed by atoms with Gasteiger partial charge in [-0.3, -0.25) is 4.79 Å². The number of anilines is 1. The van der Waals surface area contributed by atoms with Crippen molar-refractivity contribution in [1.29, 1.82) is 0 Å². The monoisotopic (exact) mass is 370 g/mol. The maximum Gasteiger partial charge on any atom is 0.337 e. The highest BCUT2D eigenvalue weighted by Crippen LogP contribution is 2.22. The number of nitrogens with two attached hydrogens (primary N) is 1. The van der Waals surface area contributed by atoms with E-state index in [1.165, 1.54) is 25.3 Å². The zero-order valence-electron chi connectivity index (χ0n) is 14.2. The summed E-state index contributed by atoms with van der Waals surface area (Å²) in [5.41, 5.74) is 6.21. The second-order valence-corrected chi connectivity index (χ2v) is 7.99. The molecule has 9 heteroatoms. The van der Waals surface area contributed by atoms with E-state index in [0.29, 0.717) is 26.1 Å². The van der Waals surface area contributed by atoms with Gasteiger partial charge in [-0.2, -0.15) is 0 Å². The predicted octanol–water partition coefficient (Wildman–Crippen LogP) is 0.569. The fourth-order valence-corrected chi connectivity index (χ4v) is 3.32. The van der Waals surface area contributed by atoms with E-state index in [-0.39, 0.29) is 22.1 Å². The van der Waals surface area contributed by atoms with Crippen molar-refractivity contribution >= 4 is 27.4 Å². The number of sulfone groups is 1. The number of hydrogen-bond donors (Lipinski definition) is 2. The van der Waals surface area contributed by atoms with E-state index in [4.69, 9.17) is 10.5 Å². The number of methoxy groups -OCH3 is 1. The molecule has 0 radical (unpaired) electrons. The molecule has 1 heterocycles. The summed E-state index contributed by atoms with van der Waals surface area (Å²) >= 11 is 0. The number of ether oxygens (including phenoxy) is 2. The average Bonchev–Trinajstić information content (AvgIpc) is 2.60. The number of benzene rings is 1. The molecule has 0 aliphatic carbocycles. The summed E-state index contributed by atoms with van der Waals surface area (Å²) in [4.78, 5) is 24.0. The predicted molar refractivity (Wildman–Crippen MR) is 91.0 cm³/mol. The lowest BCUT2D eigenvalue weighted by molar-refractivity contribution is -0.119. The smallest absolute Gasteiger partial charge is 0.337 e. The van der Waals surface area contributed by atoms with Gasteiger partial charge in [-0.05, 0) is 37.0 Å². The Hall–Kier alpha value is -1.97. The Balaban J connectivity index is 2.25. The van der Waals surface area contributed by atoms with Crippen molar-refractivity contribution in [3.05, 3.63) is 23.8 Å². The van der Waals surface area contributed by atoms with Crippen LogP contribution in [0.1, 0.15) is 23.2 Å². The Labute approximate surface area is 146 Å². The van der Waals surface area contributed by atoms with Crippen molar-refractivity contribution in [2.45, 2.75) is 23.8 Å². The van der Waals surface area contributed by atoms with Crippen LogP contribution in [0.4, 0.5) is 5.69 Å². The number of nitrogens with one attached hydrogen (secondary N) is 1. The molecular formula is C16H22N2O6S. The standard InChI is InChI=1S/C16H22N2O6S/c1-23-16(20)11-7-12(9-13(8-11)25(2,21)22)18-15(19)14(17)10-3-5-24-6-4-10/h7-10,14H,3-6,17H2,1-2H3,(H,18,19). The highest BCUT2D eigenvalue weighted by atomic mass is 32.2. The fourth-order valence-electron chi connectivity index (χ4n) is 2.64. The molecule has 0 aromatic heterocycles. The van der Waals surface area contributed by atoms with Crippen LogP contribution in [0.3, 0.4) is 0 Å². The fraction of sp³-hybridized carbons (Fsp3) is 0.500. The summed E-state index contributed by atoms with van der Waals surface area (Å²) in [5.74, 6) is -1.14. The number of esters is 1. The Morgan fingerprint density at radius 2 is 1.92 bits per heavy atom. The van der Waals surface area contributed by atoms with E-state index in [1.54, 1.807) is 0 Å². The van der Waals surface area contributed by atoms with Crippen LogP contribution in [-0.2, 0) is 24.1 Å². The summed E-state index contributed by atoms with van der Waals surface area (Å²) in [6.07, 6.45) is 2.39. The quantitative estimate of drug-likeness (QED) is 0.726. The van der Waals surface area contributed by atoms with Gasteiger partial charge in [0, 0.05) is 25.2 Å². The summed E-state index contributed by atoms with van der Waals surface area (Å²) in [5, 5.41) is 2.59. The molecule has 3 N–H and O–H groups in total. The maximum atomic E-state index is 12.4. The first-order chi connectivity index (χ1) is 11.7. The molecule has 1 aromatic carbocycles. The van der Waals surface area contributed by atoms with Crippen LogP contribution >= 0.6 is 0 Å². The van der Waals surface area contributed by atoms with Gasteiger partial charge in [0.2, 0.25) is 5.91 Å². The zero-order chi connectivity index (χ0) is 18.6.